The van der Waals surface area contributed by atoms with Crippen LogP contribution in [0, 0.1) is 6.92 Å². The molecule has 0 aliphatic carbocycles. The molecule has 25 heavy (non-hydrogen) atoms. The van der Waals surface area contributed by atoms with Crippen LogP contribution in [0.4, 0.5) is 0 Å². The van der Waals surface area contributed by atoms with E-state index < -0.39 is 5.97 Å². The van der Waals surface area contributed by atoms with Crippen LogP contribution >= 0.6 is 11.8 Å². The molecule has 0 aromatic heterocycles. The van der Waals surface area contributed by atoms with Crippen molar-refractivity contribution in [1.82, 2.24) is 5.32 Å². The molecule has 2 aromatic carbocycles. The Balaban J connectivity index is 1.59. The van der Waals surface area contributed by atoms with Crippen molar-refractivity contribution in [3.8, 4) is 5.75 Å². The molecular weight excluding hydrogens is 338 g/mol. The van der Waals surface area contributed by atoms with Crippen molar-refractivity contribution < 1.29 is 14.3 Å². The summed E-state index contributed by atoms with van der Waals surface area (Å²) >= 11 is 1.31. The standard InChI is InChI=1S/C18H15N3O3S/c1-12-2-6-14(7-3-12)17(23)24-15-8-4-13(5-9-15)10-19-21-18-20-16(22)11-25-18/h2-10H,11H2,1H3,(H,20,21,22). The molecule has 2 aromatic rings. The van der Waals surface area contributed by atoms with Crippen molar-refractivity contribution in [2.75, 3.05) is 5.75 Å². The Morgan fingerprint density at radius 2 is 1.88 bits per heavy atom. The second-order valence-corrected chi connectivity index (χ2v) is 6.28. The second kappa shape index (κ2) is 7.76. The first kappa shape index (κ1) is 16.9. The Labute approximate surface area is 149 Å². The lowest BCUT2D eigenvalue weighted by Crippen LogP contribution is -2.19. The zero-order valence-corrected chi connectivity index (χ0v) is 14.2. The van der Waals surface area contributed by atoms with Crippen LogP contribution < -0.4 is 10.1 Å². The number of hydrogen-bond donors (Lipinski definition) is 1. The molecule has 0 saturated carbocycles. The van der Waals surface area contributed by atoms with Gasteiger partial charge in [-0.2, -0.15) is 5.10 Å². The van der Waals surface area contributed by atoms with E-state index in [2.05, 4.69) is 15.5 Å². The molecule has 1 N–H and O–H groups in total. The van der Waals surface area contributed by atoms with Gasteiger partial charge in [-0.05, 0) is 48.9 Å². The van der Waals surface area contributed by atoms with Crippen LogP contribution in [0.1, 0.15) is 21.5 Å². The Kier molecular flexibility index (Phi) is 5.25. The zero-order chi connectivity index (χ0) is 17.6. The van der Waals surface area contributed by atoms with Crippen molar-refractivity contribution >= 4 is 35.0 Å². The summed E-state index contributed by atoms with van der Waals surface area (Å²) in [5, 5.41) is 10.9. The molecular formula is C18H15N3O3S. The topological polar surface area (TPSA) is 80.1 Å². The second-order valence-electron chi connectivity index (χ2n) is 5.31. The minimum atomic E-state index is -0.401. The lowest BCUT2D eigenvalue weighted by atomic mass is 10.1. The Bertz CT molecular complexity index is 843. The number of carbonyl (C=O) groups excluding carboxylic acids is 2. The van der Waals surface area contributed by atoms with Crippen molar-refractivity contribution in [1.29, 1.82) is 0 Å². The molecule has 1 heterocycles. The Hall–Kier alpha value is -2.93. The van der Waals surface area contributed by atoms with E-state index in [-0.39, 0.29) is 5.91 Å². The van der Waals surface area contributed by atoms with Crippen LogP contribution in [-0.2, 0) is 4.79 Å². The number of rotatable bonds is 4. The molecule has 6 nitrogen and oxygen atoms in total. The number of nitrogens with zero attached hydrogens (tertiary/aromatic N) is 2. The van der Waals surface area contributed by atoms with E-state index in [0.717, 1.165) is 11.1 Å². The summed E-state index contributed by atoms with van der Waals surface area (Å²) in [6.45, 7) is 1.96. The van der Waals surface area contributed by atoms with Crippen LogP contribution in [0.3, 0.4) is 0 Å². The SMILES string of the molecule is Cc1ccc(C(=O)Oc2ccc(C=NN=C3NC(=O)CS3)cc2)cc1. The third-order valence-corrected chi connectivity index (χ3v) is 4.18. The number of ether oxygens (including phenoxy) is 1. The number of thioether (sulfide) groups is 1. The summed E-state index contributed by atoms with van der Waals surface area (Å²) < 4.78 is 5.33. The van der Waals surface area contributed by atoms with Gasteiger partial charge in [0.2, 0.25) is 5.91 Å². The van der Waals surface area contributed by atoms with Gasteiger partial charge in [-0.1, -0.05) is 29.5 Å². The average molecular weight is 353 g/mol. The number of hydrogen-bond acceptors (Lipinski definition) is 6. The zero-order valence-electron chi connectivity index (χ0n) is 13.4. The van der Waals surface area contributed by atoms with Crippen LogP contribution in [-0.4, -0.2) is 29.0 Å². The van der Waals surface area contributed by atoms with Gasteiger partial charge < -0.3 is 10.1 Å². The quantitative estimate of drug-likeness (QED) is 0.397. The molecule has 3 rings (SSSR count). The molecule has 0 unspecified atom stereocenters. The number of amides is 1. The predicted octanol–water partition coefficient (Wildman–Crippen LogP) is 2.77. The molecule has 0 spiro atoms. The highest BCUT2D eigenvalue weighted by Crippen LogP contribution is 2.14. The van der Waals surface area contributed by atoms with E-state index in [4.69, 9.17) is 4.74 Å². The fourth-order valence-electron chi connectivity index (χ4n) is 2.00. The van der Waals surface area contributed by atoms with Gasteiger partial charge in [-0.15, -0.1) is 5.10 Å². The third kappa shape index (κ3) is 4.77. The molecule has 1 saturated heterocycles. The number of benzene rings is 2. The van der Waals surface area contributed by atoms with Crippen molar-refractivity contribution in [3.63, 3.8) is 0 Å². The highest BCUT2D eigenvalue weighted by Gasteiger charge is 2.15. The normalized spacial score (nSPS) is 15.6. The minimum Gasteiger partial charge on any atom is -0.423 e. The maximum absolute atomic E-state index is 12.1. The number of aryl methyl sites for hydroxylation is 1. The van der Waals surface area contributed by atoms with E-state index in [9.17, 15) is 9.59 Å². The van der Waals surface area contributed by atoms with Crippen molar-refractivity contribution in [2.45, 2.75) is 6.92 Å². The minimum absolute atomic E-state index is 0.0707. The number of esters is 1. The van der Waals surface area contributed by atoms with E-state index in [1.54, 1.807) is 42.6 Å². The molecule has 1 aliphatic rings. The lowest BCUT2D eigenvalue weighted by molar-refractivity contribution is -0.116. The predicted molar refractivity (Wildman–Crippen MR) is 98.2 cm³/mol. The lowest BCUT2D eigenvalue weighted by Gasteiger charge is -2.04. The van der Waals surface area contributed by atoms with Gasteiger partial charge in [0.25, 0.3) is 0 Å². The average Bonchev–Trinajstić information content (AvgIpc) is 3.02. The molecule has 1 aliphatic heterocycles. The smallest absolute Gasteiger partial charge is 0.343 e. The van der Waals surface area contributed by atoms with Crippen LogP contribution in [0.25, 0.3) is 0 Å². The maximum Gasteiger partial charge on any atom is 0.343 e. The van der Waals surface area contributed by atoms with E-state index in [1.807, 2.05) is 19.1 Å². The van der Waals surface area contributed by atoms with Crippen LogP contribution in [0.2, 0.25) is 0 Å². The number of carbonyl (C=O) groups is 2. The van der Waals surface area contributed by atoms with E-state index in [0.29, 0.717) is 22.2 Å². The van der Waals surface area contributed by atoms with Crippen LogP contribution in [0.5, 0.6) is 5.75 Å². The van der Waals surface area contributed by atoms with Gasteiger partial charge in [-0.25, -0.2) is 4.79 Å². The monoisotopic (exact) mass is 353 g/mol. The van der Waals surface area contributed by atoms with Gasteiger partial charge in [0.05, 0.1) is 17.5 Å². The van der Waals surface area contributed by atoms with Gasteiger partial charge in [0.1, 0.15) is 5.75 Å². The molecule has 0 bridgehead atoms. The van der Waals surface area contributed by atoms with Gasteiger partial charge in [-0.3, -0.25) is 4.79 Å². The fraction of sp³-hybridized carbons (Fsp3) is 0.111. The summed E-state index contributed by atoms with van der Waals surface area (Å²) in [5.41, 5.74) is 2.39. The summed E-state index contributed by atoms with van der Waals surface area (Å²) in [6, 6.07) is 14.1. The number of nitrogens with one attached hydrogen (secondary N) is 1. The van der Waals surface area contributed by atoms with Gasteiger partial charge >= 0.3 is 5.97 Å². The molecule has 1 amide bonds. The highest BCUT2D eigenvalue weighted by atomic mass is 32.2. The first-order valence-corrected chi connectivity index (χ1v) is 8.51. The first-order valence-electron chi connectivity index (χ1n) is 7.53. The summed E-state index contributed by atoms with van der Waals surface area (Å²) in [5.74, 6) is 0.350. The highest BCUT2D eigenvalue weighted by molar-refractivity contribution is 8.15. The first-order chi connectivity index (χ1) is 12.1. The maximum atomic E-state index is 12.1. The third-order valence-electron chi connectivity index (χ3n) is 3.32. The Morgan fingerprint density at radius 3 is 2.52 bits per heavy atom. The fourth-order valence-corrected chi connectivity index (χ4v) is 2.64. The summed E-state index contributed by atoms with van der Waals surface area (Å²) in [4.78, 5) is 23.1. The summed E-state index contributed by atoms with van der Waals surface area (Å²) in [7, 11) is 0. The van der Waals surface area contributed by atoms with Crippen molar-refractivity contribution in [2.24, 2.45) is 10.2 Å². The van der Waals surface area contributed by atoms with Gasteiger partial charge in [0.15, 0.2) is 5.17 Å². The molecule has 0 radical (unpaired) electrons. The molecule has 0 atom stereocenters. The number of amidine groups is 1. The largest absolute Gasteiger partial charge is 0.423 e. The van der Waals surface area contributed by atoms with Crippen molar-refractivity contribution in [3.05, 3.63) is 65.2 Å². The molecule has 1 fully saturated rings. The molecule has 7 heteroatoms. The van der Waals surface area contributed by atoms with Gasteiger partial charge in [0, 0.05) is 0 Å². The van der Waals surface area contributed by atoms with E-state index in [1.165, 1.54) is 11.8 Å². The van der Waals surface area contributed by atoms with E-state index >= 15 is 0 Å². The Morgan fingerprint density at radius 1 is 1.16 bits per heavy atom. The van der Waals surface area contributed by atoms with Crippen LogP contribution in [0.15, 0.2) is 58.7 Å². The summed E-state index contributed by atoms with van der Waals surface area (Å²) in [6.07, 6.45) is 1.56. The molecule has 126 valence electrons.